The minimum absolute atomic E-state index is 0.0134. The van der Waals surface area contributed by atoms with E-state index in [9.17, 15) is 13.2 Å². The van der Waals surface area contributed by atoms with Crippen LogP contribution in [-0.2, 0) is 20.5 Å². The van der Waals surface area contributed by atoms with E-state index in [1.807, 2.05) is 52.0 Å². The summed E-state index contributed by atoms with van der Waals surface area (Å²) in [5, 5.41) is 2.75. The minimum atomic E-state index is -3.36. The van der Waals surface area contributed by atoms with Crippen LogP contribution in [0, 0.1) is 12.8 Å². The number of ether oxygens (including phenoxy) is 1. The largest absolute Gasteiger partial charge is 0.444 e. The summed E-state index contributed by atoms with van der Waals surface area (Å²) in [7, 11) is -3.36. The number of piperidine rings is 1. The lowest BCUT2D eigenvalue weighted by Gasteiger charge is -2.32. The maximum atomic E-state index is 12.7. The zero-order valence-electron chi connectivity index (χ0n) is 16.1. The molecule has 2 rings (SSSR count). The molecule has 0 saturated carbocycles. The molecule has 6 nitrogen and oxygen atoms in total. The fourth-order valence-electron chi connectivity index (χ4n) is 2.97. The number of nitrogens with one attached hydrogen (secondary N) is 1. The highest BCUT2D eigenvalue weighted by molar-refractivity contribution is 7.88. The van der Waals surface area contributed by atoms with Crippen molar-refractivity contribution in [2.24, 2.45) is 5.92 Å². The van der Waals surface area contributed by atoms with Crippen LogP contribution in [0.5, 0.6) is 0 Å². The number of carbonyl (C=O) groups excluding carboxylic acids is 1. The SMILES string of the molecule is Cc1ccc(CS(=O)(=O)N2CCC[C@H](CNC(=O)OC(C)(C)C)C2)cc1. The van der Waals surface area contributed by atoms with Crippen LogP contribution in [0.1, 0.15) is 44.7 Å². The maximum absolute atomic E-state index is 12.7. The molecule has 26 heavy (non-hydrogen) atoms. The highest BCUT2D eigenvalue weighted by Gasteiger charge is 2.29. The molecular weight excluding hydrogens is 352 g/mol. The minimum Gasteiger partial charge on any atom is -0.444 e. The summed E-state index contributed by atoms with van der Waals surface area (Å²) in [6.45, 7) is 8.81. The van der Waals surface area contributed by atoms with Gasteiger partial charge in [-0.1, -0.05) is 29.8 Å². The third-order valence-corrected chi connectivity index (χ3v) is 6.10. The van der Waals surface area contributed by atoms with Crippen molar-refractivity contribution in [2.45, 2.75) is 51.9 Å². The first-order valence-electron chi connectivity index (χ1n) is 9.05. The number of carbonyl (C=O) groups is 1. The average molecular weight is 383 g/mol. The second-order valence-corrected chi connectivity index (χ2v) is 9.96. The van der Waals surface area contributed by atoms with Crippen LogP contribution in [0.2, 0.25) is 0 Å². The van der Waals surface area contributed by atoms with Crippen molar-refractivity contribution in [3.8, 4) is 0 Å². The summed E-state index contributed by atoms with van der Waals surface area (Å²) in [6.07, 6.45) is 1.23. The van der Waals surface area contributed by atoms with Gasteiger partial charge >= 0.3 is 6.09 Å². The van der Waals surface area contributed by atoms with Gasteiger partial charge in [-0.2, -0.15) is 0 Å². The molecule has 0 aliphatic carbocycles. The molecule has 1 saturated heterocycles. The van der Waals surface area contributed by atoms with E-state index in [-0.39, 0.29) is 11.7 Å². The number of hydrogen-bond donors (Lipinski definition) is 1. The van der Waals surface area contributed by atoms with E-state index >= 15 is 0 Å². The van der Waals surface area contributed by atoms with Gasteiger partial charge < -0.3 is 10.1 Å². The van der Waals surface area contributed by atoms with E-state index in [0.29, 0.717) is 19.6 Å². The third-order valence-electron chi connectivity index (χ3n) is 4.28. The summed E-state index contributed by atoms with van der Waals surface area (Å²) in [5.41, 5.74) is 1.36. The standard InChI is InChI=1S/C19H30N2O4S/c1-15-7-9-16(10-8-15)14-26(23,24)21-11-5-6-17(13-21)12-20-18(22)25-19(2,3)4/h7-10,17H,5-6,11-14H2,1-4H3,(H,20,22)/t17-/m1/s1. The molecule has 1 aliphatic heterocycles. The van der Waals surface area contributed by atoms with Crippen molar-refractivity contribution >= 4 is 16.1 Å². The first-order valence-corrected chi connectivity index (χ1v) is 10.7. The van der Waals surface area contributed by atoms with Gasteiger partial charge in [-0.3, -0.25) is 0 Å². The molecule has 1 heterocycles. The number of sulfonamides is 1. The van der Waals surface area contributed by atoms with Crippen molar-refractivity contribution in [1.29, 1.82) is 0 Å². The van der Waals surface area contributed by atoms with E-state index < -0.39 is 21.7 Å². The molecule has 0 aromatic heterocycles. The molecule has 1 aliphatic rings. The van der Waals surface area contributed by atoms with Gasteiger partial charge in [0.1, 0.15) is 5.60 Å². The molecule has 146 valence electrons. The Morgan fingerprint density at radius 1 is 1.27 bits per heavy atom. The molecule has 1 fully saturated rings. The fraction of sp³-hybridized carbons (Fsp3) is 0.632. The number of nitrogens with zero attached hydrogens (tertiary/aromatic N) is 1. The number of benzene rings is 1. The van der Waals surface area contributed by atoms with E-state index in [1.165, 1.54) is 0 Å². The Kier molecular flexibility index (Phi) is 6.69. The topological polar surface area (TPSA) is 75.7 Å². The van der Waals surface area contributed by atoms with E-state index in [1.54, 1.807) is 4.31 Å². The first kappa shape index (κ1) is 20.7. The van der Waals surface area contributed by atoms with Gasteiger partial charge in [-0.25, -0.2) is 17.5 Å². The van der Waals surface area contributed by atoms with Gasteiger partial charge in [0, 0.05) is 19.6 Å². The van der Waals surface area contributed by atoms with Crippen LogP contribution >= 0.6 is 0 Å². The smallest absolute Gasteiger partial charge is 0.407 e. The number of amides is 1. The van der Waals surface area contributed by atoms with Crippen LogP contribution in [0.15, 0.2) is 24.3 Å². The van der Waals surface area contributed by atoms with Crippen molar-refractivity contribution in [3.63, 3.8) is 0 Å². The zero-order chi connectivity index (χ0) is 19.4. The summed E-state index contributed by atoms with van der Waals surface area (Å²) in [5.74, 6) is 0.114. The van der Waals surface area contributed by atoms with E-state index in [2.05, 4.69) is 5.32 Å². The van der Waals surface area contributed by atoms with Crippen LogP contribution in [-0.4, -0.2) is 44.1 Å². The normalized spacial score (nSPS) is 19.2. The molecule has 1 amide bonds. The lowest BCUT2D eigenvalue weighted by Crippen LogP contribution is -2.44. The van der Waals surface area contributed by atoms with Gasteiger partial charge in [0.25, 0.3) is 0 Å². The van der Waals surface area contributed by atoms with Gasteiger partial charge in [-0.15, -0.1) is 0 Å². The molecule has 1 aromatic carbocycles. The Morgan fingerprint density at radius 3 is 2.54 bits per heavy atom. The lowest BCUT2D eigenvalue weighted by atomic mass is 10.00. The molecule has 0 spiro atoms. The Bertz CT molecular complexity index is 708. The van der Waals surface area contributed by atoms with Gasteiger partial charge in [0.05, 0.1) is 5.75 Å². The number of hydrogen-bond acceptors (Lipinski definition) is 4. The number of aryl methyl sites for hydroxylation is 1. The van der Waals surface area contributed by atoms with Gasteiger partial charge in [0.15, 0.2) is 0 Å². The monoisotopic (exact) mass is 382 g/mol. The Hall–Kier alpha value is -1.60. The maximum Gasteiger partial charge on any atom is 0.407 e. The van der Waals surface area contributed by atoms with Crippen molar-refractivity contribution in [1.82, 2.24) is 9.62 Å². The summed E-state index contributed by atoms with van der Waals surface area (Å²) < 4.78 is 32.2. The predicted octanol–water partition coefficient (Wildman–Crippen LogP) is 3.06. The first-order chi connectivity index (χ1) is 12.0. The van der Waals surface area contributed by atoms with Crippen LogP contribution in [0.25, 0.3) is 0 Å². The molecule has 0 radical (unpaired) electrons. The molecule has 0 bridgehead atoms. The van der Waals surface area contributed by atoms with E-state index in [0.717, 1.165) is 24.0 Å². The summed E-state index contributed by atoms with van der Waals surface area (Å²) >= 11 is 0. The predicted molar refractivity (Wildman–Crippen MR) is 102 cm³/mol. The van der Waals surface area contributed by atoms with Crippen molar-refractivity contribution < 1.29 is 17.9 Å². The molecule has 1 aromatic rings. The highest BCUT2D eigenvalue weighted by atomic mass is 32.2. The van der Waals surface area contributed by atoms with Crippen LogP contribution < -0.4 is 5.32 Å². The Balaban J connectivity index is 1.90. The number of rotatable bonds is 5. The van der Waals surface area contributed by atoms with E-state index in [4.69, 9.17) is 4.74 Å². The second-order valence-electron chi connectivity index (χ2n) is 7.99. The molecular formula is C19H30N2O4S. The molecule has 1 atom stereocenters. The summed E-state index contributed by atoms with van der Waals surface area (Å²) in [4.78, 5) is 11.8. The number of alkyl carbamates (subject to hydrolysis) is 1. The fourth-order valence-corrected chi connectivity index (χ4v) is 4.62. The highest BCUT2D eigenvalue weighted by Crippen LogP contribution is 2.21. The lowest BCUT2D eigenvalue weighted by molar-refractivity contribution is 0.0513. The quantitative estimate of drug-likeness (QED) is 0.849. The average Bonchev–Trinajstić information content (AvgIpc) is 2.54. The Labute approximate surface area is 157 Å². The third kappa shape index (κ3) is 6.61. The van der Waals surface area contributed by atoms with Gasteiger partial charge in [0.2, 0.25) is 10.0 Å². The van der Waals surface area contributed by atoms with Crippen molar-refractivity contribution in [3.05, 3.63) is 35.4 Å². The van der Waals surface area contributed by atoms with Crippen LogP contribution in [0.4, 0.5) is 4.79 Å². The summed E-state index contributed by atoms with van der Waals surface area (Å²) in [6, 6.07) is 7.57. The molecule has 0 unspecified atom stereocenters. The zero-order valence-corrected chi connectivity index (χ0v) is 16.9. The molecule has 1 N–H and O–H groups in total. The van der Waals surface area contributed by atoms with Gasteiger partial charge in [-0.05, 0) is 52.0 Å². The van der Waals surface area contributed by atoms with Crippen LogP contribution in [0.3, 0.4) is 0 Å². The molecule has 7 heteroatoms. The second kappa shape index (κ2) is 8.39. The van der Waals surface area contributed by atoms with Crippen molar-refractivity contribution in [2.75, 3.05) is 19.6 Å². The Morgan fingerprint density at radius 2 is 1.92 bits per heavy atom.